The third-order valence-electron chi connectivity index (χ3n) is 4.23. The van der Waals surface area contributed by atoms with Crippen molar-refractivity contribution in [3.63, 3.8) is 0 Å². The summed E-state index contributed by atoms with van der Waals surface area (Å²) in [4.78, 5) is 30.0. The van der Waals surface area contributed by atoms with E-state index >= 15 is 0 Å². The van der Waals surface area contributed by atoms with Crippen LogP contribution in [-0.4, -0.2) is 14.7 Å². The van der Waals surface area contributed by atoms with Crippen molar-refractivity contribution in [2.45, 2.75) is 104 Å². The molecule has 0 aromatic carbocycles. The predicted molar refractivity (Wildman–Crippen MR) is 108 cm³/mol. The Morgan fingerprint density at radius 1 is 0.542 bits per heavy atom. The summed E-state index contributed by atoms with van der Waals surface area (Å²) >= 11 is 0. The van der Waals surface area contributed by atoms with E-state index in [0.717, 1.165) is 38.5 Å². The van der Waals surface area contributed by atoms with Gasteiger partial charge in [-0.25, -0.2) is 0 Å². The first-order valence-electron chi connectivity index (χ1n) is 10.0. The van der Waals surface area contributed by atoms with Gasteiger partial charge in [-0.2, -0.15) is 0 Å². The Balaban J connectivity index is 3.86. The first-order valence-corrected chi connectivity index (χ1v) is 12.2. The van der Waals surface area contributed by atoms with E-state index in [9.17, 15) is 14.7 Å². The van der Waals surface area contributed by atoms with Crippen molar-refractivity contribution in [1.29, 1.82) is 0 Å². The molecule has 0 amide bonds. The molecule has 0 bridgehead atoms. The number of allylic oxidation sites excluding steroid dienone is 2. The van der Waals surface area contributed by atoms with Crippen LogP contribution >= 0.6 is 7.28 Å². The number of rotatable bonds is 16. The van der Waals surface area contributed by atoms with Crippen LogP contribution in [0.1, 0.15) is 104 Å². The molecule has 0 fully saturated rings. The van der Waals surface area contributed by atoms with E-state index in [1.165, 1.54) is 63.0 Å². The maximum absolute atomic E-state index is 9.99. The average Bonchev–Trinajstić information content (AvgIpc) is 2.52. The minimum atomic E-state index is -4.70. The molecule has 0 unspecified atom stereocenters. The quantitative estimate of drug-likeness (QED) is 0.210. The molecule has 0 atom stereocenters. The molecular weight excluding hydrogens is 319 g/mol. The number of unbranched alkanes of at least 4 members (excludes halogenated alkanes) is 12. The van der Waals surface area contributed by atoms with Crippen LogP contribution < -0.4 is 0 Å². The molecule has 0 aliphatic rings. The Bertz CT molecular complexity index is 313. The topological polar surface area (TPSA) is 60.7 Å². The normalized spacial score (nSPS) is 14.5. The molecule has 0 aromatic rings. The fraction of sp³-hybridized carbons (Fsp3) is 0.800. The summed E-state index contributed by atoms with van der Waals surface area (Å²) < 4.78 is 0. The molecule has 24 heavy (non-hydrogen) atoms. The second-order valence-corrected chi connectivity index (χ2v) is 9.81. The molecule has 0 heterocycles. The Kier molecular flexibility index (Phi) is 13.9. The summed E-state index contributed by atoms with van der Waals surface area (Å²) in [7, 11) is -4.70. The van der Waals surface area contributed by atoms with Gasteiger partial charge in [0.15, 0.2) is 0 Å². The van der Waals surface area contributed by atoms with Gasteiger partial charge in [0, 0.05) is 0 Å². The van der Waals surface area contributed by atoms with Crippen molar-refractivity contribution in [1.82, 2.24) is 0 Å². The zero-order valence-electron chi connectivity index (χ0n) is 16.0. The molecule has 3 N–H and O–H groups in total. The van der Waals surface area contributed by atoms with E-state index in [1.807, 2.05) is 0 Å². The van der Waals surface area contributed by atoms with Crippen molar-refractivity contribution in [3.05, 3.63) is 23.8 Å². The zero-order chi connectivity index (χ0) is 18.2. The third kappa shape index (κ3) is 16.6. The summed E-state index contributed by atoms with van der Waals surface area (Å²) in [6.07, 6.45) is 19.5. The molecule has 0 saturated carbocycles. The van der Waals surface area contributed by atoms with Crippen LogP contribution in [0.15, 0.2) is 23.8 Å². The van der Waals surface area contributed by atoms with Gasteiger partial charge < -0.3 is 0 Å². The summed E-state index contributed by atoms with van der Waals surface area (Å²) in [6, 6.07) is 0. The van der Waals surface area contributed by atoms with Crippen LogP contribution in [0.4, 0.5) is 0 Å². The van der Waals surface area contributed by atoms with Crippen LogP contribution in [0.3, 0.4) is 0 Å². The van der Waals surface area contributed by atoms with Crippen LogP contribution in [0, 0.1) is 0 Å². The molecule has 0 radical (unpaired) electrons. The van der Waals surface area contributed by atoms with Gasteiger partial charge in [-0.15, -0.1) is 0 Å². The van der Waals surface area contributed by atoms with Gasteiger partial charge in [0.1, 0.15) is 0 Å². The fourth-order valence-electron chi connectivity index (χ4n) is 2.69. The molecule has 144 valence electrons. The molecule has 0 spiro atoms. The van der Waals surface area contributed by atoms with E-state index in [2.05, 4.69) is 13.8 Å². The monoisotopic (exact) mass is 360 g/mol. The van der Waals surface area contributed by atoms with Crippen molar-refractivity contribution in [2.75, 3.05) is 0 Å². The van der Waals surface area contributed by atoms with Crippen molar-refractivity contribution >= 4 is 7.28 Å². The van der Waals surface area contributed by atoms with E-state index in [-0.39, 0.29) is 0 Å². The molecular formula is C20H41O3P. The Morgan fingerprint density at radius 2 is 0.875 bits per heavy atom. The van der Waals surface area contributed by atoms with Crippen LogP contribution in [0.25, 0.3) is 0 Å². The van der Waals surface area contributed by atoms with Crippen LogP contribution in [0.2, 0.25) is 0 Å². The minimum absolute atomic E-state index is 0.789. The molecule has 0 rings (SSSR count). The average molecular weight is 361 g/mol. The van der Waals surface area contributed by atoms with Gasteiger partial charge in [-0.3, -0.25) is 0 Å². The SMILES string of the molecule is CCCCCCCCC=CP(O)(O)(O)C=CCCCCCCCC. The molecule has 0 aromatic heterocycles. The summed E-state index contributed by atoms with van der Waals surface area (Å²) in [6.45, 7) is 4.41. The van der Waals surface area contributed by atoms with Gasteiger partial charge in [0.05, 0.1) is 0 Å². The zero-order valence-corrected chi connectivity index (χ0v) is 16.9. The standard InChI is InChI=1S/C20H41O3P/c1-3-5-7-9-11-13-15-17-19-24(21,22,23)20-18-16-14-12-10-8-6-4-2/h17-23H,3-16H2,1-2H3. The van der Waals surface area contributed by atoms with Gasteiger partial charge in [-0.1, -0.05) is 0 Å². The van der Waals surface area contributed by atoms with Crippen molar-refractivity contribution in [3.8, 4) is 0 Å². The van der Waals surface area contributed by atoms with Crippen LogP contribution in [0.5, 0.6) is 0 Å². The maximum atomic E-state index is 9.99. The van der Waals surface area contributed by atoms with E-state index in [0.29, 0.717) is 0 Å². The van der Waals surface area contributed by atoms with Gasteiger partial charge >= 0.3 is 149 Å². The van der Waals surface area contributed by atoms with Gasteiger partial charge in [-0.05, 0) is 0 Å². The molecule has 0 aliphatic carbocycles. The summed E-state index contributed by atoms with van der Waals surface area (Å²) in [5.74, 6) is 2.44. The van der Waals surface area contributed by atoms with Crippen LogP contribution in [-0.2, 0) is 0 Å². The van der Waals surface area contributed by atoms with Gasteiger partial charge in [0.2, 0.25) is 0 Å². The molecule has 3 nitrogen and oxygen atoms in total. The van der Waals surface area contributed by atoms with E-state index in [4.69, 9.17) is 0 Å². The Labute approximate surface area is 150 Å². The Hall–Kier alpha value is -0.210. The number of hydrogen-bond acceptors (Lipinski definition) is 3. The summed E-state index contributed by atoms with van der Waals surface area (Å²) in [5, 5.41) is 0. The second-order valence-electron chi connectivity index (χ2n) is 6.99. The third-order valence-corrected chi connectivity index (χ3v) is 5.80. The predicted octanol–water partition coefficient (Wildman–Crippen LogP) is 6.79. The molecule has 0 aliphatic heterocycles. The molecule has 4 heteroatoms. The van der Waals surface area contributed by atoms with E-state index < -0.39 is 7.28 Å². The summed E-state index contributed by atoms with van der Waals surface area (Å²) in [5.41, 5.74) is 0. The second kappa shape index (κ2) is 14.0. The van der Waals surface area contributed by atoms with Gasteiger partial charge in [0.25, 0.3) is 0 Å². The van der Waals surface area contributed by atoms with E-state index in [1.54, 1.807) is 12.2 Å². The first-order chi connectivity index (χ1) is 11.4. The van der Waals surface area contributed by atoms with Crippen molar-refractivity contribution < 1.29 is 14.7 Å². The number of hydrogen-bond donors (Lipinski definition) is 3. The fourth-order valence-corrected chi connectivity index (χ4v) is 3.89. The Morgan fingerprint density at radius 3 is 1.25 bits per heavy atom. The molecule has 0 saturated heterocycles. The first kappa shape index (κ1) is 23.8. The van der Waals surface area contributed by atoms with Crippen molar-refractivity contribution in [2.24, 2.45) is 0 Å².